The van der Waals surface area contributed by atoms with Gasteiger partial charge in [0.1, 0.15) is 0 Å². The average Bonchev–Trinajstić information content (AvgIpc) is 2.70. The van der Waals surface area contributed by atoms with Crippen LogP contribution in [0.4, 0.5) is 19.0 Å². The van der Waals surface area contributed by atoms with Gasteiger partial charge in [-0.25, -0.2) is 0 Å². The van der Waals surface area contributed by atoms with E-state index in [1.54, 1.807) is 20.8 Å². The van der Waals surface area contributed by atoms with Gasteiger partial charge in [0.2, 0.25) is 5.91 Å². The molecule has 0 atom stereocenters. The van der Waals surface area contributed by atoms with Gasteiger partial charge in [-0.15, -0.1) is 0 Å². The smallest absolute Gasteiger partial charge is 0.308 e. The second-order valence-electron chi connectivity index (χ2n) is 5.50. The number of para-hydroxylation sites is 1. The highest BCUT2D eigenvalue weighted by atomic mass is 19.4. The van der Waals surface area contributed by atoms with Crippen molar-refractivity contribution < 1.29 is 18.0 Å². The molecule has 0 aliphatic carbocycles. The SMILES string of the molecule is CC(C)(C)C(=O)Nc1n[nH]c2c(C(F)(F)F)cccc12. The molecule has 2 N–H and O–H groups in total. The lowest BCUT2D eigenvalue weighted by Crippen LogP contribution is -2.27. The van der Waals surface area contributed by atoms with Gasteiger partial charge in [-0.3, -0.25) is 9.89 Å². The van der Waals surface area contributed by atoms with E-state index in [1.165, 1.54) is 12.1 Å². The Morgan fingerprint density at radius 3 is 2.45 bits per heavy atom. The molecule has 0 bridgehead atoms. The second kappa shape index (κ2) is 4.50. The topological polar surface area (TPSA) is 57.8 Å². The van der Waals surface area contributed by atoms with Crippen LogP contribution in [0.3, 0.4) is 0 Å². The van der Waals surface area contributed by atoms with Crippen molar-refractivity contribution in [2.75, 3.05) is 5.32 Å². The van der Waals surface area contributed by atoms with Gasteiger partial charge in [0.15, 0.2) is 5.82 Å². The van der Waals surface area contributed by atoms with Crippen LogP contribution >= 0.6 is 0 Å². The van der Waals surface area contributed by atoms with Crippen LogP contribution in [0, 0.1) is 5.41 Å². The number of amides is 1. The Labute approximate surface area is 113 Å². The molecular formula is C13H14F3N3O. The number of carbonyl (C=O) groups is 1. The normalized spacial score (nSPS) is 12.7. The summed E-state index contributed by atoms with van der Waals surface area (Å²) < 4.78 is 38.5. The van der Waals surface area contributed by atoms with E-state index in [0.29, 0.717) is 0 Å². The van der Waals surface area contributed by atoms with Gasteiger partial charge < -0.3 is 5.32 Å². The lowest BCUT2D eigenvalue weighted by Gasteiger charge is -2.16. The number of nitrogens with zero attached hydrogens (tertiary/aromatic N) is 1. The summed E-state index contributed by atoms with van der Waals surface area (Å²) in [5.41, 5.74) is -1.60. The summed E-state index contributed by atoms with van der Waals surface area (Å²) in [5, 5.41) is 8.87. The summed E-state index contributed by atoms with van der Waals surface area (Å²) in [6, 6.07) is 3.73. The Hall–Kier alpha value is -2.05. The van der Waals surface area contributed by atoms with Crippen LogP contribution in [0.1, 0.15) is 26.3 Å². The van der Waals surface area contributed by atoms with Gasteiger partial charge in [-0.05, 0) is 12.1 Å². The molecule has 108 valence electrons. The fourth-order valence-electron chi connectivity index (χ4n) is 1.67. The fourth-order valence-corrected chi connectivity index (χ4v) is 1.67. The number of H-pyrrole nitrogens is 1. The number of alkyl halides is 3. The van der Waals surface area contributed by atoms with Crippen molar-refractivity contribution in [2.45, 2.75) is 26.9 Å². The zero-order valence-corrected chi connectivity index (χ0v) is 11.2. The summed E-state index contributed by atoms with van der Waals surface area (Å²) in [6.07, 6.45) is -4.47. The lowest BCUT2D eigenvalue weighted by molar-refractivity contribution is -0.136. The maximum Gasteiger partial charge on any atom is 0.418 e. The highest BCUT2D eigenvalue weighted by Crippen LogP contribution is 2.35. The van der Waals surface area contributed by atoms with E-state index in [2.05, 4.69) is 15.5 Å². The Bertz CT molecular complexity index is 653. The van der Waals surface area contributed by atoms with Crippen LogP contribution in [-0.2, 0) is 11.0 Å². The summed E-state index contributed by atoms with van der Waals surface area (Å²) in [5.74, 6) is -0.214. The van der Waals surface area contributed by atoms with E-state index in [-0.39, 0.29) is 22.6 Å². The number of hydrogen-bond acceptors (Lipinski definition) is 2. The fraction of sp³-hybridized carbons (Fsp3) is 0.385. The molecule has 1 amide bonds. The number of hydrogen-bond donors (Lipinski definition) is 2. The maximum atomic E-state index is 12.8. The van der Waals surface area contributed by atoms with Crippen LogP contribution < -0.4 is 5.32 Å². The van der Waals surface area contributed by atoms with Crippen LogP contribution in [0.25, 0.3) is 10.9 Å². The molecule has 1 heterocycles. The summed E-state index contributed by atoms with van der Waals surface area (Å²) >= 11 is 0. The lowest BCUT2D eigenvalue weighted by atomic mass is 9.96. The number of nitrogens with one attached hydrogen (secondary N) is 2. The number of anilines is 1. The minimum absolute atomic E-state index is 0.103. The number of rotatable bonds is 1. The van der Waals surface area contributed by atoms with Gasteiger partial charge in [-0.1, -0.05) is 26.8 Å². The van der Waals surface area contributed by atoms with E-state index in [1.807, 2.05) is 0 Å². The molecule has 7 heteroatoms. The zero-order valence-electron chi connectivity index (χ0n) is 11.2. The second-order valence-corrected chi connectivity index (χ2v) is 5.50. The molecule has 0 fully saturated rings. The van der Waals surface area contributed by atoms with E-state index < -0.39 is 17.2 Å². The Balaban J connectivity index is 2.46. The van der Waals surface area contributed by atoms with E-state index in [0.717, 1.165) is 6.07 Å². The maximum absolute atomic E-state index is 12.8. The molecular weight excluding hydrogens is 271 g/mol. The molecule has 20 heavy (non-hydrogen) atoms. The van der Waals surface area contributed by atoms with Gasteiger partial charge in [0.05, 0.1) is 11.1 Å². The largest absolute Gasteiger partial charge is 0.418 e. The standard InChI is InChI=1S/C13H14F3N3O/c1-12(2,3)11(20)17-10-7-5-4-6-8(13(14,15)16)9(7)18-19-10/h4-6H,1-3H3,(H2,17,18,19,20). The molecule has 0 unspecified atom stereocenters. The number of carbonyl (C=O) groups excluding carboxylic acids is 1. The first-order valence-corrected chi connectivity index (χ1v) is 5.96. The van der Waals surface area contributed by atoms with Crippen LogP contribution in [0.2, 0.25) is 0 Å². The quantitative estimate of drug-likeness (QED) is 0.841. The molecule has 0 aliphatic rings. The summed E-state index contributed by atoms with van der Waals surface area (Å²) in [7, 11) is 0. The van der Waals surface area contributed by atoms with Crippen molar-refractivity contribution in [3.63, 3.8) is 0 Å². The highest BCUT2D eigenvalue weighted by molar-refractivity contribution is 6.02. The minimum atomic E-state index is -4.47. The highest BCUT2D eigenvalue weighted by Gasteiger charge is 2.34. The molecule has 0 spiro atoms. The van der Waals surface area contributed by atoms with Crippen LogP contribution in [-0.4, -0.2) is 16.1 Å². The third kappa shape index (κ3) is 2.61. The van der Waals surface area contributed by atoms with Crippen molar-refractivity contribution in [3.8, 4) is 0 Å². The Morgan fingerprint density at radius 1 is 1.25 bits per heavy atom. The number of aromatic amines is 1. The summed E-state index contributed by atoms with van der Waals surface area (Å²) in [4.78, 5) is 11.9. The molecule has 2 aromatic rings. The molecule has 1 aromatic heterocycles. The molecule has 2 rings (SSSR count). The molecule has 0 radical (unpaired) electrons. The summed E-state index contributed by atoms with van der Waals surface area (Å²) in [6.45, 7) is 5.12. The predicted octanol–water partition coefficient (Wildman–Crippen LogP) is 3.57. The van der Waals surface area contributed by atoms with E-state index in [4.69, 9.17) is 0 Å². The van der Waals surface area contributed by atoms with Crippen molar-refractivity contribution in [3.05, 3.63) is 23.8 Å². The predicted molar refractivity (Wildman–Crippen MR) is 69.2 cm³/mol. The van der Waals surface area contributed by atoms with Crippen molar-refractivity contribution in [2.24, 2.45) is 5.41 Å². The first kappa shape index (κ1) is 14.4. The minimum Gasteiger partial charge on any atom is -0.308 e. The van der Waals surface area contributed by atoms with E-state index in [9.17, 15) is 18.0 Å². The third-order valence-electron chi connectivity index (χ3n) is 2.82. The first-order chi connectivity index (χ1) is 9.10. The zero-order chi connectivity index (χ0) is 15.1. The van der Waals surface area contributed by atoms with E-state index >= 15 is 0 Å². The van der Waals surface area contributed by atoms with Crippen molar-refractivity contribution in [1.82, 2.24) is 10.2 Å². The van der Waals surface area contributed by atoms with Crippen LogP contribution in [0.15, 0.2) is 18.2 Å². The van der Waals surface area contributed by atoms with Gasteiger partial charge in [0.25, 0.3) is 0 Å². The van der Waals surface area contributed by atoms with Crippen molar-refractivity contribution >= 4 is 22.6 Å². The average molecular weight is 285 g/mol. The molecule has 4 nitrogen and oxygen atoms in total. The third-order valence-corrected chi connectivity index (χ3v) is 2.82. The molecule has 1 aromatic carbocycles. The van der Waals surface area contributed by atoms with Gasteiger partial charge in [0, 0.05) is 10.8 Å². The Morgan fingerprint density at radius 2 is 1.90 bits per heavy atom. The van der Waals surface area contributed by atoms with Crippen molar-refractivity contribution in [1.29, 1.82) is 0 Å². The Kier molecular flexibility index (Phi) is 3.23. The van der Waals surface area contributed by atoms with Gasteiger partial charge >= 0.3 is 6.18 Å². The number of halogens is 3. The first-order valence-electron chi connectivity index (χ1n) is 5.96. The van der Waals surface area contributed by atoms with Crippen LogP contribution in [0.5, 0.6) is 0 Å². The molecule has 0 saturated carbocycles. The van der Waals surface area contributed by atoms with Gasteiger partial charge in [-0.2, -0.15) is 18.3 Å². The molecule has 0 aliphatic heterocycles. The number of benzene rings is 1. The number of fused-ring (bicyclic) bond motifs is 1. The number of aromatic nitrogens is 2. The monoisotopic (exact) mass is 285 g/mol. The molecule has 0 saturated heterocycles.